The van der Waals surface area contributed by atoms with Crippen molar-refractivity contribution in [2.75, 3.05) is 0 Å². The van der Waals surface area contributed by atoms with Gasteiger partial charge < -0.3 is 9.67 Å². The third-order valence-corrected chi connectivity index (χ3v) is 4.13. The highest BCUT2D eigenvalue weighted by molar-refractivity contribution is 6.04. The lowest BCUT2D eigenvalue weighted by molar-refractivity contribution is 0.0697. The number of nitrogens with zero attached hydrogens (tertiary/aromatic N) is 3. The van der Waals surface area contributed by atoms with Crippen LogP contribution in [0.4, 0.5) is 0 Å². The zero-order chi connectivity index (χ0) is 15.3. The third kappa shape index (κ3) is 1.77. The molecule has 0 saturated carbocycles. The molecule has 0 atom stereocenters. The van der Waals surface area contributed by atoms with E-state index >= 15 is 0 Å². The molecule has 1 aromatic carbocycles. The number of hydrogen-bond acceptors (Lipinski definition) is 2. The smallest absolute Gasteiger partial charge is 0.339 e. The van der Waals surface area contributed by atoms with Gasteiger partial charge in [-0.05, 0) is 25.5 Å². The average Bonchev–Trinajstić information content (AvgIpc) is 2.92. The number of rotatable bonds is 2. The van der Waals surface area contributed by atoms with Gasteiger partial charge in [-0.2, -0.15) is 5.10 Å². The van der Waals surface area contributed by atoms with Crippen molar-refractivity contribution in [3.63, 3.8) is 0 Å². The molecule has 0 aliphatic rings. The van der Waals surface area contributed by atoms with Gasteiger partial charge >= 0.3 is 5.97 Å². The number of hydrogen-bond donors (Lipinski definition) is 1. The Hall–Kier alpha value is -2.56. The molecule has 3 rings (SSSR count). The normalized spacial score (nSPS) is 11.2. The number of carbonyl (C=O) groups is 1. The first-order valence-corrected chi connectivity index (χ1v) is 6.73. The standard InChI is InChI=1S/C16H17N3O2/c1-9-6-5-7-12-13(9)14(10(2)18(12)3)15-11(16(20)21)8-17-19(15)4/h5-8H,1-4H3,(H,20,21). The third-order valence-electron chi connectivity index (χ3n) is 4.13. The minimum Gasteiger partial charge on any atom is -0.478 e. The Morgan fingerprint density at radius 1 is 1.24 bits per heavy atom. The van der Waals surface area contributed by atoms with Crippen molar-refractivity contribution in [1.82, 2.24) is 14.3 Å². The fourth-order valence-electron chi connectivity index (χ4n) is 2.97. The van der Waals surface area contributed by atoms with E-state index in [1.165, 1.54) is 6.20 Å². The first-order chi connectivity index (χ1) is 9.93. The second kappa shape index (κ2) is 4.48. The summed E-state index contributed by atoms with van der Waals surface area (Å²) in [6.45, 7) is 4.05. The van der Waals surface area contributed by atoms with Gasteiger partial charge in [0, 0.05) is 36.3 Å². The molecule has 2 heterocycles. The Balaban J connectivity index is 2.50. The molecule has 3 aromatic rings. The van der Waals surface area contributed by atoms with Crippen molar-refractivity contribution in [2.45, 2.75) is 13.8 Å². The minimum atomic E-state index is -0.955. The van der Waals surface area contributed by atoms with E-state index < -0.39 is 5.97 Å². The molecule has 0 amide bonds. The maximum atomic E-state index is 11.5. The van der Waals surface area contributed by atoms with Gasteiger partial charge in [-0.25, -0.2) is 4.79 Å². The molecule has 0 unspecified atom stereocenters. The highest BCUT2D eigenvalue weighted by Gasteiger charge is 2.23. The van der Waals surface area contributed by atoms with Crippen LogP contribution in [0.5, 0.6) is 0 Å². The van der Waals surface area contributed by atoms with Crippen molar-refractivity contribution in [1.29, 1.82) is 0 Å². The average molecular weight is 283 g/mol. The van der Waals surface area contributed by atoms with Crippen molar-refractivity contribution in [2.24, 2.45) is 14.1 Å². The van der Waals surface area contributed by atoms with Crippen LogP contribution in [0.1, 0.15) is 21.6 Å². The quantitative estimate of drug-likeness (QED) is 0.786. The van der Waals surface area contributed by atoms with Crippen molar-refractivity contribution >= 4 is 16.9 Å². The predicted octanol–water partition coefficient (Wildman–Crippen LogP) is 2.89. The Morgan fingerprint density at radius 2 is 1.95 bits per heavy atom. The molecule has 5 heteroatoms. The monoisotopic (exact) mass is 283 g/mol. The molecule has 0 radical (unpaired) electrons. The van der Waals surface area contributed by atoms with Gasteiger partial charge in [0.15, 0.2) is 0 Å². The Morgan fingerprint density at radius 3 is 2.62 bits per heavy atom. The number of aromatic carboxylic acids is 1. The van der Waals surface area contributed by atoms with Crippen LogP contribution in [0.15, 0.2) is 24.4 Å². The van der Waals surface area contributed by atoms with E-state index in [1.807, 2.05) is 33.0 Å². The van der Waals surface area contributed by atoms with Gasteiger partial charge in [-0.1, -0.05) is 12.1 Å². The molecule has 0 spiro atoms. The molecule has 5 nitrogen and oxygen atoms in total. The van der Waals surface area contributed by atoms with Gasteiger partial charge in [0.2, 0.25) is 0 Å². The molecule has 0 fully saturated rings. The summed E-state index contributed by atoms with van der Waals surface area (Å²) in [5.41, 5.74) is 5.09. The number of carboxylic acid groups (broad SMARTS) is 1. The molecule has 0 aliphatic heterocycles. The first-order valence-electron chi connectivity index (χ1n) is 6.73. The number of fused-ring (bicyclic) bond motifs is 1. The summed E-state index contributed by atoms with van der Waals surface area (Å²) in [4.78, 5) is 11.5. The second-order valence-corrected chi connectivity index (χ2v) is 5.32. The SMILES string of the molecule is Cc1cccc2c1c(-c1c(C(=O)O)cnn1C)c(C)n2C. The topological polar surface area (TPSA) is 60.0 Å². The zero-order valence-electron chi connectivity index (χ0n) is 12.5. The van der Waals surface area contributed by atoms with Gasteiger partial charge in [0.25, 0.3) is 0 Å². The summed E-state index contributed by atoms with van der Waals surface area (Å²) in [6, 6.07) is 6.11. The molecule has 0 saturated heterocycles. The van der Waals surface area contributed by atoms with E-state index in [0.29, 0.717) is 5.69 Å². The Labute approximate surface area is 122 Å². The lowest BCUT2D eigenvalue weighted by atomic mass is 10.0. The Kier molecular flexibility index (Phi) is 2.86. The molecule has 21 heavy (non-hydrogen) atoms. The summed E-state index contributed by atoms with van der Waals surface area (Å²) in [5, 5.41) is 14.6. The van der Waals surface area contributed by atoms with Crippen LogP contribution in [-0.2, 0) is 14.1 Å². The highest BCUT2D eigenvalue weighted by atomic mass is 16.4. The summed E-state index contributed by atoms with van der Waals surface area (Å²) in [5.74, 6) is -0.955. The van der Waals surface area contributed by atoms with Crippen LogP contribution in [0.2, 0.25) is 0 Å². The van der Waals surface area contributed by atoms with E-state index in [4.69, 9.17) is 0 Å². The Bertz CT molecular complexity index is 871. The molecule has 2 aromatic heterocycles. The molecular formula is C16H17N3O2. The predicted molar refractivity (Wildman–Crippen MR) is 81.6 cm³/mol. The molecule has 1 N–H and O–H groups in total. The number of benzene rings is 1. The lowest BCUT2D eigenvalue weighted by Crippen LogP contribution is -2.02. The summed E-state index contributed by atoms with van der Waals surface area (Å²) < 4.78 is 3.73. The van der Waals surface area contributed by atoms with Gasteiger partial charge in [0.1, 0.15) is 5.56 Å². The molecule has 0 bridgehead atoms. The van der Waals surface area contributed by atoms with Gasteiger partial charge in [0.05, 0.1) is 11.9 Å². The second-order valence-electron chi connectivity index (χ2n) is 5.32. The van der Waals surface area contributed by atoms with Crippen LogP contribution in [0, 0.1) is 13.8 Å². The van der Waals surface area contributed by atoms with E-state index in [-0.39, 0.29) is 5.56 Å². The first kappa shape index (κ1) is 13.4. The van der Waals surface area contributed by atoms with E-state index in [0.717, 1.165) is 27.7 Å². The largest absolute Gasteiger partial charge is 0.478 e. The molecule has 0 aliphatic carbocycles. The van der Waals surface area contributed by atoms with E-state index in [9.17, 15) is 9.90 Å². The maximum Gasteiger partial charge on any atom is 0.339 e. The summed E-state index contributed by atoms with van der Waals surface area (Å²) in [7, 11) is 3.77. The fourth-order valence-corrected chi connectivity index (χ4v) is 2.97. The summed E-state index contributed by atoms with van der Waals surface area (Å²) >= 11 is 0. The maximum absolute atomic E-state index is 11.5. The van der Waals surface area contributed by atoms with Crippen molar-refractivity contribution in [3.8, 4) is 11.3 Å². The van der Waals surface area contributed by atoms with Gasteiger partial charge in [-0.3, -0.25) is 4.68 Å². The van der Waals surface area contributed by atoms with Crippen molar-refractivity contribution in [3.05, 3.63) is 41.2 Å². The van der Waals surface area contributed by atoms with Crippen LogP contribution in [0.3, 0.4) is 0 Å². The minimum absolute atomic E-state index is 0.233. The van der Waals surface area contributed by atoms with Crippen molar-refractivity contribution < 1.29 is 9.90 Å². The zero-order valence-corrected chi connectivity index (χ0v) is 12.5. The van der Waals surface area contributed by atoms with Crippen LogP contribution < -0.4 is 0 Å². The van der Waals surface area contributed by atoms with Crippen LogP contribution >= 0.6 is 0 Å². The number of aromatic nitrogens is 3. The molecule has 108 valence electrons. The number of carboxylic acids is 1. The molecular weight excluding hydrogens is 266 g/mol. The number of aryl methyl sites for hydroxylation is 3. The van der Waals surface area contributed by atoms with Gasteiger partial charge in [-0.15, -0.1) is 0 Å². The van der Waals surface area contributed by atoms with E-state index in [2.05, 4.69) is 15.7 Å². The lowest BCUT2D eigenvalue weighted by Gasteiger charge is -2.06. The van der Waals surface area contributed by atoms with Crippen LogP contribution in [0.25, 0.3) is 22.2 Å². The van der Waals surface area contributed by atoms with Crippen LogP contribution in [-0.4, -0.2) is 25.4 Å². The summed E-state index contributed by atoms with van der Waals surface area (Å²) in [6.07, 6.45) is 1.41. The van der Waals surface area contributed by atoms with E-state index in [1.54, 1.807) is 11.7 Å². The highest BCUT2D eigenvalue weighted by Crippen LogP contribution is 2.37. The fraction of sp³-hybridized carbons (Fsp3) is 0.250.